The maximum atomic E-state index is 12.9. The highest BCUT2D eigenvalue weighted by Gasteiger charge is 2.28. The van der Waals surface area contributed by atoms with Crippen LogP contribution in [-0.2, 0) is 11.3 Å². The lowest BCUT2D eigenvalue weighted by atomic mass is 10.0. The van der Waals surface area contributed by atoms with Crippen LogP contribution in [0.3, 0.4) is 0 Å². The molecule has 8 nitrogen and oxygen atoms in total. The van der Waals surface area contributed by atoms with Gasteiger partial charge in [-0.15, -0.1) is 0 Å². The highest BCUT2D eigenvalue weighted by Crippen LogP contribution is 2.28. The minimum absolute atomic E-state index is 0.0695. The van der Waals surface area contributed by atoms with Crippen molar-refractivity contribution in [3.05, 3.63) is 35.4 Å². The fourth-order valence-electron chi connectivity index (χ4n) is 3.58. The van der Waals surface area contributed by atoms with Crippen LogP contribution in [-0.4, -0.2) is 59.8 Å². The summed E-state index contributed by atoms with van der Waals surface area (Å²) in [6, 6.07) is 3.70. The van der Waals surface area contributed by atoms with Crippen LogP contribution in [0.4, 0.5) is 0 Å². The van der Waals surface area contributed by atoms with E-state index in [1.165, 1.54) is 14.2 Å². The van der Waals surface area contributed by atoms with Gasteiger partial charge < -0.3 is 23.7 Å². The maximum absolute atomic E-state index is 12.9. The molecule has 27 heavy (non-hydrogen) atoms. The highest BCUT2D eigenvalue weighted by atomic mass is 16.5. The van der Waals surface area contributed by atoms with Crippen LogP contribution in [0.15, 0.2) is 18.3 Å². The molecule has 146 valence electrons. The standard InChI is InChI=1S/C19H26N4O4/c1-13-11-20-16(12-25-2)23(13)14-7-9-22(10-8-14)19(24)15-5-6-17(26-3)21-18(15)27-4/h5-6,11,14H,7-10,12H2,1-4H3. The SMILES string of the molecule is COCc1ncc(C)n1C1CCN(C(=O)c2ccc(OC)nc2OC)CC1. The van der Waals surface area contributed by atoms with E-state index in [9.17, 15) is 4.79 Å². The monoisotopic (exact) mass is 374 g/mol. The van der Waals surface area contributed by atoms with E-state index in [4.69, 9.17) is 14.2 Å². The molecule has 1 aliphatic rings. The second kappa shape index (κ2) is 8.39. The van der Waals surface area contributed by atoms with E-state index in [1.807, 2.05) is 11.1 Å². The molecule has 0 N–H and O–H groups in total. The van der Waals surface area contributed by atoms with Crippen molar-refractivity contribution >= 4 is 5.91 Å². The van der Waals surface area contributed by atoms with Gasteiger partial charge in [-0.3, -0.25) is 4.79 Å². The Hall–Kier alpha value is -2.61. The van der Waals surface area contributed by atoms with Crippen molar-refractivity contribution < 1.29 is 19.0 Å². The van der Waals surface area contributed by atoms with Crippen molar-refractivity contribution in [3.8, 4) is 11.8 Å². The third-order valence-corrected chi connectivity index (χ3v) is 4.92. The Labute approximate surface area is 159 Å². The molecule has 0 aromatic carbocycles. The van der Waals surface area contributed by atoms with Crippen LogP contribution < -0.4 is 9.47 Å². The average Bonchev–Trinajstić information content (AvgIpc) is 3.07. The summed E-state index contributed by atoms with van der Waals surface area (Å²) in [7, 11) is 4.71. The molecular formula is C19H26N4O4. The number of aromatic nitrogens is 3. The molecule has 0 saturated carbocycles. The lowest BCUT2D eigenvalue weighted by Gasteiger charge is -2.34. The van der Waals surface area contributed by atoms with Crippen LogP contribution in [0.1, 0.15) is 40.8 Å². The number of likely N-dealkylation sites (tertiary alicyclic amines) is 1. The number of methoxy groups -OCH3 is 3. The molecule has 1 saturated heterocycles. The summed E-state index contributed by atoms with van der Waals surface area (Å²) in [5.74, 6) is 1.57. The molecule has 0 unspecified atom stereocenters. The first kappa shape index (κ1) is 19.2. The van der Waals surface area contributed by atoms with E-state index in [2.05, 4.69) is 21.5 Å². The Balaban J connectivity index is 1.71. The van der Waals surface area contributed by atoms with Gasteiger partial charge in [-0.25, -0.2) is 4.98 Å². The molecule has 3 heterocycles. The molecule has 8 heteroatoms. The molecule has 0 spiro atoms. The van der Waals surface area contributed by atoms with Crippen LogP contribution in [0.25, 0.3) is 0 Å². The number of nitrogens with zero attached hydrogens (tertiary/aromatic N) is 4. The molecular weight excluding hydrogens is 348 g/mol. The first-order chi connectivity index (χ1) is 13.1. The second-order valence-electron chi connectivity index (χ2n) is 6.55. The summed E-state index contributed by atoms with van der Waals surface area (Å²) in [6.07, 6.45) is 3.61. The number of aryl methyl sites for hydroxylation is 1. The molecule has 1 aliphatic heterocycles. The quantitative estimate of drug-likeness (QED) is 0.772. The normalized spacial score (nSPS) is 15.0. The van der Waals surface area contributed by atoms with Crippen molar-refractivity contribution in [2.75, 3.05) is 34.4 Å². The van der Waals surface area contributed by atoms with Gasteiger partial charge in [0.2, 0.25) is 11.8 Å². The molecule has 2 aromatic heterocycles. The zero-order chi connectivity index (χ0) is 19.4. The first-order valence-electron chi connectivity index (χ1n) is 8.99. The summed E-state index contributed by atoms with van der Waals surface area (Å²) < 4.78 is 17.9. The van der Waals surface area contributed by atoms with Gasteiger partial charge in [-0.2, -0.15) is 4.98 Å². The molecule has 0 bridgehead atoms. The average molecular weight is 374 g/mol. The predicted octanol–water partition coefficient (Wildman–Crippen LogP) is 2.23. The number of pyridine rings is 1. The number of imidazole rings is 1. The van der Waals surface area contributed by atoms with Gasteiger partial charge in [0.1, 0.15) is 18.0 Å². The number of piperidine rings is 1. The van der Waals surface area contributed by atoms with Crippen LogP contribution in [0.5, 0.6) is 11.8 Å². The van der Waals surface area contributed by atoms with Gasteiger partial charge in [0, 0.05) is 44.2 Å². The summed E-state index contributed by atoms with van der Waals surface area (Å²) in [5.41, 5.74) is 1.57. The lowest BCUT2D eigenvalue weighted by molar-refractivity contribution is 0.0685. The number of rotatable bonds is 6. The van der Waals surface area contributed by atoms with Crippen molar-refractivity contribution in [1.82, 2.24) is 19.4 Å². The maximum Gasteiger partial charge on any atom is 0.259 e. The Kier molecular flexibility index (Phi) is 5.95. The Bertz CT molecular complexity index is 797. The topological polar surface area (TPSA) is 78.7 Å². The molecule has 0 aliphatic carbocycles. The van der Waals surface area contributed by atoms with E-state index in [-0.39, 0.29) is 11.8 Å². The van der Waals surface area contributed by atoms with E-state index in [0.29, 0.717) is 37.2 Å². The third-order valence-electron chi connectivity index (χ3n) is 4.92. The number of hydrogen-bond donors (Lipinski definition) is 0. The minimum atomic E-state index is -0.0695. The Morgan fingerprint density at radius 1 is 1.19 bits per heavy atom. The molecule has 3 rings (SSSR count). The van der Waals surface area contributed by atoms with Gasteiger partial charge in [0.25, 0.3) is 5.91 Å². The number of amides is 1. The van der Waals surface area contributed by atoms with Crippen molar-refractivity contribution in [1.29, 1.82) is 0 Å². The van der Waals surface area contributed by atoms with Crippen molar-refractivity contribution in [2.45, 2.75) is 32.4 Å². The van der Waals surface area contributed by atoms with Gasteiger partial charge in [0.05, 0.1) is 14.2 Å². The fourth-order valence-corrected chi connectivity index (χ4v) is 3.58. The smallest absolute Gasteiger partial charge is 0.259 e. The Morgan fingerprint density at radius 2 is 1.93 bits per heavy atom. The zero-order valence-corrected chi connectivity index (χ0v) is 16.3. The van der Waals surface area contributed by atoms with Gasteiger partial charge in [-0.05, 0) is 25.8 Å². The van der Waals surface area contributed by atoms with Crippen molar-refractivity contribution in [3.63, 3.8) is 0 Å². The van der Waals surface area contributed by atoms with Gasteiger partial charge in [-0.1, -0.05) is 0 Å². The second-order valence-corrected chi connectivity index (χ2v) is 6.55. The summed E-state index contributed by atoms with van der Waals surface area (Å²) in [6.45, 7) is 3.88. The van der Waals surface area contributed by atoms with Crippen LogP contribution >= 0.6 is 0 Å². The third kappa shape index (κ3) is 3.90. The summed E-state index contributed by atoms with van der Waals surface area (Å²) in [5, 5.41) is 0. The highest BCUT2D eigenvalue weighted by molar-refractivity contribution is 5.96. The van der Waals surface area contributed by atoms with Crippen LogP contribution in [0, 0.1) is 6.92 Å². The molecule has 0 atom stereocenters. The Morgan fingerprint density at radius 3 is 2.56 bits per heavy atom. The molecule has 2 aromatic rings. The number of carbonyl (C=O) groups is 1. The molecule has 1 amide bonds. The number of ether oxygens (including phenoxy) is 3. The van der Waals surface area contributed by atoms with E-state index in [1.54, 1.807) is 19.2 Å². The van der Waals surface area contributed by atoms with E-state index < -0.39 is 0 Å². The minimum Gasteiger partial charge on any atom is -0.481 e. The fraction of sp³-hybridized carbons (Fsp3) is 0.526. The summed E-state index contributed by atoms with van der Waals surface area (Å²) in [4.78, 5) is 23.4. The van der Waals surface area contributed by atoms with Crippen LogP contribution in [0.2, 0.25) is 0 Å². The largest absolute Gasteiger partial charge is 0.481 e. The molecule has 0 radical (unpaired) electrons. The van der Waals surface area contributed by atoms with E-state index >= 15 is 0 Å². The zero-order valence-electron chi connectivity index (χ0n) is 16.3. The van der Waals surface area contributed by atoms with Crippen molar-refractivity contribution in [2.24, 2.45) is 0 Å². The molecule has 1 fully saturated rings. The van der Waals surface area contributed by atoms with E-state index in [0.717, 1.165) is 24.4 Å². The van der Waals surface area contributed by atoms with Gasteiger partial charge >= 0.3 is 0 Å². The predicted molar refractivity (Wildman–Crippen MR) is 99.2 cm³/mol. The lowest BCUT2D eigenvalue weighted by Crippen LogP contribution is -2.39. The number of carbonyl (C=O) groups excluding carboxylic acids is 1. The van der Waals surface area contributed by atoms with Gasteiger partial charge in [0.15, 0.2) is 0 Å². The first-order valence-corrected chi connectivity index (χ1v) is 8.99. The summed E-state index contributed by atoms with van der Waals surface area (Å²) >= 11 is 0. The number of hydrogen-bond acceptors (Lipinski definition) is 6.